The molecule has 43 heavy (non-hydrogen) atoms. The van der Waals surface area contributed by atoms with Crippen molar-refractivity contribution >= 4 is 5.69 Å². The van der Waals surface area contributed by atoms with E-state index in [0.29, 0.717) is 12.2 Å². The number of hydrogen-bond acceptors (Lipinski definition) is 5. The summed E-state index contributed by atoms with van der Waals surface area (Å²) in [5.74, 6) is -0.559. The molecule has 7 heteroatoms. The molecule has 0 bridgehead atoms. The molecule has 0 saturated carbocycles. The molecular weight excluding hydrogens is 542 g/mol. The highest BCUT2D eigenvalue weighted by molar-refractivity contribution is 5.68. The van der Waals surface area contributed by atoms with Crippen LogP contribution in [0.25, 0.3) is 11.1 Å². The number of anilines is 1. The van der Waals surface area contributed by atoms with Gasteiger partial charge in [-0.3, -0.25) is 14.6 Å². The normalized spacial score (nSPS) is 14.4. The van der Waals surface area contributed by atoms with Gasteiger partial charge in [0.1, 0.15) is 11.6 Å². The summed E-state index contributed by atoms with van der Waals surface area (Å²) in [6.07, 6.45) is 0. The fourth-order valence-corrected chi connectivity index (χ4v) is 5.70. The second kappa shape index (κ2) is 14.0. The molecule has 5 rings (SSSR count). The molecule has 1 saturated heterocycles. The number of rotatable bonds is 10. The lowest BCUT2D eigenvalue weighted by Crippen LogP contribution is -2.47. The van der Waals surface area contributed by atoms with E-state index >= 15 is 0 Å². The van der Waals surface area contributed by atoms with Crippen molar-refractivity contribution in [2.24, 2.45) is 0 Å². The Hall–Kier alpha value is -3.91. The third kappa shape index (κ3) is 7.73. The minimum absolute atomic E-state index is 0.0568. The summed E-state index contributed by atoms with van der Waals surface area (Å²) in [7, 11) is 6.06. The first-order valence-corrected chi connectivity index (χ1v) is 14.8. The Kier molecular flexibility index (Phi) is 9.97. The average Bonchev–Trinajstić information content (AvgIpc) is 3.18. The number of piperazine rings is 1. The number of hydrogen-bond donors (Lipinski definition) is 0. The topological polar surface area (TPSA) is 30.0 Å². The van der Waals surface area contributed by atoms with Gasteiger partial charge in [-0.1, -0.05) is 66.7 Å². The van der Waals surface area contributed by atoms with Crippen molar-refractivity contribution in [2.75, 3.05) is 65.3 Å². The van der Waals surface area contributed by atoms with Gasteiger partial charge in [0.2, 0.25) is 5.43 Å². The summed E-state index contributed by atoms with van der Waals surface area (Å²) in [6.45, 7) is 5.21. The maximum Gasteiger partial charge on any atom is 0.206 e. The van der Waals surface area contributed by atoms with Gasteiger partial charge >= 0.3 is 0 Å². The van der Waals surface area contributed by atoms with Gasteiger partial charge in [0, 0.05) is 58.4 Å². The van der Waals surface area contributed by atoms with Gasteiger partial charge in [-0.15, -0.1) is 0 Å². The first-order chi connectivity index (χ1) is 20.8. The van der Waals surface area contributed by atoms with E-state index in [0.717, 1.165) is 67.1 Å². The third-order valence-electron chi connectivity index (χ3n) is 8.22. The van der Waals surface area contributed by atoms with Gasteiger partial charge in [0.15, 0.2) is 0 Å². The summed E-state index contributed by atoms with van der Waals surface area (Å²) in [5.41, 5.74) is 5.56. The largest absolute Gasteiger partial charge is 0.370 e. The monoisotopic (exact) mass is 582 g/mol. The van der Waals surface area contributed by atoms with Crippen molar-refractivity contribution in [1.82, 2.24) is 14.7 Å². The SMILES string of the molecule is CN(C)CCN(C)c1cc(-c2ccccc2)ccc(CN2CCN(C(c3ccc(F)cc3)c3ccc(F)cc3)CC2)c1=O. The number of halogens is 2. The Morgan fingerprint density at radius 2 is 1.28 bits per heavy atom. The summed E-state index contributed by atoms with van der Waals surface area (Å²) in [6, 6.07) is 29.3. The van der Waals surface area contributed by atoms with Crippen molar-refractivity contribution in [3.05, 3.63) is 136 Å². The van der Waals surface area contributed by atoms with E-state index in [2.05, 4.69) is 37.8 Å². The molecule has 1 aliphatic rings. The summed E-state index contributed by atoms with van der Waals surface area (Å²) >= 11 is 0. The molecule has 1 aliphatic heterocycles. The van der Waals surface area contributed by atoms with Crippen LogP contribution in [0.5, 0.6) is 0 Å². The molecule has 0 N–H and O–H groups in total. The quantitative estimate of drug-likeness (QED) is 0.233. The minimum Gasteiger partial charge on any atom is -0.370 e. The molecule has 0 amide bonds. The van der Waals surface area contributed by atoms with Crippen LogP contribution in [-0.4, -0.2) is 75.1 Å². The molecule has 0 radical (unpaired) electrons. The second-order valence-corrected chi connectivity index (χ2v) is 11.6. The van der Waals surface area contributed by atoms with E-state index in [1.807, 2.05) is 75.7 Å². The molecule has 0 aliphatic carbocycles. The predicted octanol–water partition coefficient (Wildman–Crippen LogP) is 5.90. The molecule has 1 fully saturated rings. The van der Waals surface area contributed by atoms with Crippen LogP contribution in [-0.2, 0) is 6.54 Å². The molecule has 4 aromatic rings. The zero-order valence-corrected chi connectivity index (χ0v) is 25.2. The zero-order chi connectivity index (χ0) is 30.3. The van der Waals surface area contributed by atoms with Crippen LogP contribution in [0.1, 0.15) is 22.7 Å². The highest BCUT2D eigenvalue weighted by Gasteiger charge is 2.27. The van der Waals surface area contributed by atoms with Gasteiger partial charge in [0.05, 0.1) is 11.7 Å². The Morgan fingerprint density at radius 3 is 1.84 bits per heavy atom. The van der Waals surface area contributed by atoms with Crippen molar-refractivity contribution in [3.63, 3.8) is 0 Å². The molecular formula is C36H40F2N4O. The summed E-state index contributed by atoms with van der Waals surface area (Å²) in [4.78, 5) is 22.8. The van der Waals surface area contributed by atoms with E-state index in [1.165, 1.54) is 24.3 Å². The second-order valence-electron chi connectivity index (χ2n) is 11.6. The van der Waals surface area contributed by atoms with Crippen molar-refractivity contribution < 1.29 is 8.78 Å². The highest BCUT2D eigenvalue weighted by atomic mass is 19.1. The van der Waals surface area contributed by atoms with E-state index in [1.54, 1.807) is 0 Å². The Balaban J connectivity index is 1.38. The molecule has 0 spiro atoms. The molecule has 0 unspecified atom stereocenters. The average molecular weight is 583 g/mol. The third-order valence-corrected chi connectivity index (χ3v) is 8.22. The smallest absolute Gasteiger partial charge is 0.206 e. The van der Waals surface area contributed by atoms with Crippen LogP contribution in [0.15, 0.2) is 102 Å². The van der Waals surface area contributed by atoms with Gasteiger partial charge < -0.3 is 9.80 Å². The van der Waals surface area contributed by atoms with E-state index in [-0.39, 0.29) is 23.1 Å². The predicted molar refractivity (Wildman–Crippen MR) is 171 cm³/mol. The van der Waals surface area contributed by atoms with E-state index < -0.39 is 0 Å². The molecule has 224 valence electrons. The lowest BCUT2D eigenvalue weighted by atomic mass is 9.96. The molecule has 0 atom stereocenters. The van der Waals surface area contributed by atoms with Crippen LogP contribution in [0, 0.1) is 11.6 Å². The summed E-state index contributed by atoms with van der Waals surface area (Å²) < 4.78 is 27.5. The lowest BCUT2D eigenvalue weighted by molar-refractivity contribution is 0.104. The number of likely N-dealkylation sites (N-methyl/N-ethyl adjacent to an activating group) is 2. The van der Waals surface area contributed by atoms with Gasteiger partial charge in [-0.05, 0) is 66.7 Å². The van der Waals surface area contributed by atoms with Crippen molar-refractivity contribution in [1.29, 1.82) is 0 Å². The first kappa shape index (κ1) is 30.5. The van der Waals surface area contributed by atoms with Gasteiger partial charge in [0.25, 0.3) is 0 Å². The Labute approximate surface area is 253 Å². The van der Waals surface area contributed by atoms with Crippen LogP contribution >= 0.6 is 0 Å². The molecule has 0 aromatic heterocycles. The maximum atomic E-state index is 14.0. The number of benzene rings is 3. The van der Waals surface area contributed by atoms with Crippen LogP contribution < -0.4 is 10.3 Å². The fourth-order valence-electron chi connectivity index (χ4n) is 5.70. The number of nitrogens with zero attached hydrogens (tertiary/aromatic N) is 4. The van der Waals surface area contributed by atoms with Crippen LogP contribution in [0.4, 0.5) is 14.5 Å². The van der Waals surface area contributed by atoms with E-state index in [4.69, 9.17) is 0 Å². The van der Waals surface area contributed by atoms with Crippen molar-refractivity contribution in [3.8, 4) is 11.1 Å². The zero-order valence-electron chi connectivity index (χ0n) is 25.2. The maximum absolute atomic E-state index is 14.0. The van der Waals surface area contributed by atoms with Gasteiger partial charge in [-0.25, -0.2) is 8.78 Å². The van der Waals surface area contributed by atoms with E-state index in [9.17, 15) is 13.6 Å². The molecule has 5 nitrogen and oxygen atoms in total. The summed E-state index contributed by atoms with van der Waals surface area (Å²) in [5, 5.41) is 0. The molecule has 1 heterocycles. The standard InChI is InChI=1S/C36H40F2N4O/c1-39(2)19-20-40(3)34-25-30(27-7-5-4-6-8-27)9-10-31(36(34)43)26-41-21-23-42(24-22-41)35(28-11-15-32(37)16-12-28)29-13-17-33(38)18-14-29/h4-18,25,35H,19-24,26H2,1-3H3. The van der Waals surface area contributed by atoms with Crippen molar-refractivity contribution in [2.45, 2.75) is 12.6 Å². The molecule has 4 aromatic carbocycles. The minimum atomic E-state index is -0.280. The van der Waals surface area contributed by atoms with Crippen LogP contribution in [0.3, 0.4) is 0 Å². The fraction of sp³-hybridized carbons (Fsp3) is 0.306. The lowest BCUT2D eigenvalue weighted by Gasteiger charge is -2.39. The van der Waals surface area contributed by atoms with Gasteiger partial charge in [-0.2, -0.15) is 0 Å². The van der Waals surface area contributed by atoms with Crippen LogP contribution in [0.2, 0.25) is 0 Å². The Bertz CT molecular complexity index is 1490. The highest BCUT2D eigenvalue weighted by Crippen LogP contribution is 2.30. The first-order valence-electron chi connectivity index (χ1n) is 14.8. The Morgan fingerprint density at radius 1 is 0.698 bits per heavy atom.